The molecule has 3 aromatic rings. The lowest BCUT2D eigenvalue weighted by molar-refractivity contribution is 0.631. The molecule has 4 nitrogen and oxygen atoms in total. The molecule has 0 atom stereocenters. The van der Waals surface area contributed by atoms with Crippen molar-refractivity contribution in [3.8, 4) is 28.5 Å². The quantitative estimate of drug-likeness (QED) is 0.721. The smallest absolute Gasteiger partial charge is 0.152 e. The number of hydrogen-bond acceptors (Lipinski definition) is 4. The van der Waals surface area contributed by atoms with Crippen LogP contribution in [0.3, 0.4) is 0 Å². The Hall–Kier alpha value is -2.84. The van der Waals surface area contributed by atoms with Gasteiger partial charge in [-0.15, -0.1) is 5.10 Å². The second-order valence-corrected chi connectivity index (χ2v) is 4.86. The van der Waals surface area contributed by atoms with Crippen molar-refractivity contribution >= 4 is 11.6 Å². The number of nitrogens with zero attached hydrogens (tertiary/aromatic N) is 4. The van der Waals surface area contributed by atoms with Crippen LogP contribution in [0.25, 0.3) is 22.4 Å². The van der Waals surface area contributed by atoms with Crippen molar-refractivity contribution in [1.82, 2.24) is 15.2 Å². The lowest BCUT2D eigenvalue weighted by atomic mass is 10.0. The second-order valence-electron chi connectivity index (χ2n) is 4.47. The Morgan fingerprint density at radius 2 is 2.00 bits per heavy atom. The molecular formula is C16H8ClFN4. The molecule has 0 aliphatic rings. The van der Waals surface area contributed by atoms with E-state index in [1.807, 2.05) is 6.07 Å². The largest absolute Gasteiger partial charge is 0.255 e. The number of halogens is 2. The summed E-state index contributed by atoms with van der Waals surface area (Å²) in [7, 11) is 0. The van der Waals surface area contributed by atoms with Crippen LogP contribution in [-0.4, -0.2) is 15.2 Å². The summed E-state index contributed by atoms with van der Waals surface area (Å²) in [5.41, 5.74) is 2.28. The van der Waals surface area contributed by atoms with E-state index in [-0.39, 0.29) is 10.7 Å². The third kappa shape index (κ3) is 2.65. The van der Waals surface area contributed by atoms with E-state index >= 15 is 0 Å². The Bertz CT molecular complexity index is 889. The zero-order chi connectivity index (χ0) is 15.5. The molecule has 2 heterocycles. The number of pyridine rings is 1. The van der Waals surface area contributed by atoms with Gasteiger partial charge >= 0.3 is 0 Å². The highest BCUT2D eigenvalue weighted by Crippen LogP contribution is 2.29. The predicted octanol–water partition coefficient (Wildman–Crippen LogP) is 3.87. The molecule has 6 heteroatoms. The van der Waals surface area contributed by atoms with E-state index in [2.05, 4.69) is 15.2 Å². The van der Waals surface area contributed by atoms with Crippen molar-refractivity contribution in [1.29, 1.82) is 5.26 Å². The molecule has 0 N–H and O–H groups in total. The van der Waals surface area contributed by atoms with Crippen LogP contribution in [0.1, 0.15) is 5.56 Å². The predicted molar refractivity (Wildman–Crippen MR) is 80.4 cm³/mol. The third-order valence-corrected chi connectivity index (χ3v) is 3.29. The zero-order valence-electron chi connectivity index (χ0n) is 11.2. The van der Waals surface area contributed by atoms with Gasteiger partial charge in [0.1, 0.15) is 11.9 Å². The van der Waals surface area contributed by atoms with Crippen molar-refractivity contribution in [2.75, 3.05) is 0 Å². The molecule has 1 aromatic carbocycles. The summed E-state index contributed by atoms with van der Waals surface area (Å²) >= 11 is 5.83. The van der Waals surface area contributed by atoms with Gasteiger partial charge in [0.2, 0.25) is 0 Å². The molecule has 0 unspecified atom stereocenters. The van der Waals surface area contributed by atoms with E-state index < -0.39 is 5.82 Å². The Morgan fingerprint density at radius 1 is 1.14 bits per heavy atom. The van der Waals surface area contributed by atoms with Crippen LogP contribution in [0.15, 0.2) is 48.8 Å². The SMILES string of the molecule is N#Cc1cccnc1-c1cc(-c2cnnc(Cl)c2)ccc1F. The maximum Gasteiger partial charge on any atom is 0.152 e. The summed E-state index contributed by atoms with van der Waals surface area (Å²) in [5.74, 6) is -0.452. The number of rotatable bonds is 2. The number of benzene rings is 1. The minimum atomic E-state index is -0.452. The topological polar surface area (TPSA) is 62.5 Å². The number of hydrogen-bond donors (Lipinski definition) is 0. The standard InChI is InChI=1S/C16H8ClFN4/c17-15-7-12(9-21-22-15)10-3-4-14(18)13(6-10)16-11(8-19)2-1-5-20-16/h1-7,9H. The summed E-state index contributed by atoms with van der Waals surface area (Å²) < 4.78 is 14.2. The first kappa shape index (κ1) is 14.1. The van der Waals surface area contributed by atoms with Crippen molar-refractivity contribution in [3.63, 3.8) is 0 Å². The van der Waals surface area contributed by atoms with Gasteiger partial charge in [-0.2, -0.15) is 10.4 Å². The Labute approximate surface area is 130 Å². The van der Waals surface area contributed by atoms with Crippen LogP contribution in [0, 0.1) is 17.1 Å². The highest BCUT2D eigenvalue weighted by atomic mass is 35.5. The average Bonchev–Trinajstić information content (AvgIpc) is 2.55. The van der Waals surface area contributed by atoms with Crippen molar-refractivity contribution in [3.05, 3.63) is 65.3 Å². The lowest BCUT2D eigenvalue weighted by Crippen LogP contribution is -1.93. The highest BCUT2D eigenvalue weighted by Gasteiger charge is 2.13. The molecule has 3 rings (SSSR count). The van der Waals surface area contributed by atoms with Crippen LogP contribution in [0.5, 0.6) is 0 Å². The number of nitriles is 1. The van der Waals surface area contributed by atoms with Gasteiger partial charge in [-0.1, -0.05) is 17.7 Å². The fourth-order valence-corrected chi connectivity index (χ4v) is 2.26. The first-order chi connectivity index (χ1) is 10.7. The maximum atomic E-state index is 14.2. The van der Waals surface area contributed by atoms with Crippen LogP contribution in [0.2, 0.25) is 5.15 Å². The van der Waals surface area contributed by atoms with Crippen LogP contribution in [-0.2, 0) is 0 Å². The minimum absolute atomic E-state index is 0.249. The van der Waals surface area contributed by atoms with Gasteiger partial charge in [0, 0.05) is 17.3 Å². The molecule has 0 aliphatic carbocycles. The molecule has 0 saturated heterocycles. The monoisotopic (exact) mass is 310 g/mol. The normalized spacial score (nSPS) is 10.2. The van der Waals surface area contributed by atoms with E-state index in [9.17, 15) is 4.39 Å². The second kappa shape index (κ2) is 5.88. The average molecular weight is 311 g/mol. The number of aromatic nitrogens is 3. The van der Waals surface area contributed by atoms with E-state index in [0.717, 1.165) is 0 Å². The fraction of sp³-hybridized carbons (Fsp3) is 0. The minimum Gasteiger partial charge on any atom is -0.255 e. The lowest BCUT2D eigenvalue weighted by Gasteiger charge is -2.08. The molecule has 0 amide bonds. The van der Waals surface area contributed by atoms with Crippen molar-refractivity contribution < 1.29 is 4.39 Å². The molecule has 0 radical (unpaired) electrons. The van der Waals surface area contributed by atoms with Gasteiger partial charge in [0.15, 0.2) is 5.15 Å². The van der Waals surface area contributed by atoms with E-state index in [4.69, 9.17) is 16.9 Å². The van der Waals surface area contributed by atoms with E-state index in [1.54, 1.807) is 30.3 Å². The maximum absolute atomic E-state index is 14.2. The first-order valence-corrected chi connectivity index (χ1v) is 6.70. The zero-order valence-corrected chi connectivity index (χ0v) is 11.9. The van der Waals surface area contributed by atoms with Gasteiger partial charge in [-0.05, 0) is 35.9 Å². The van der Waals surface area contributed by atoms with Gasteiger partial charge in [0.25, 0.3) is 0 Å². The molecule has 0 fully saturated rings. The molecule has 0 bridgehead atoms. The van der Waals surface area contributed by atoms with Crippen LogP contribution >= 0.6 is 11.6 Å². The summed E-state index contributed by atoms with van der Waals surface area (Å²) in [6, 6.07) is 11.4. The van der Waals surface area contributed by atoms with Gasteiger partial charge < -0.3 is 0 Å². The first-order valence-electron chi connectivity index (χ1n) is 6.32. The van der Waals surface area contributed by atoms with Gasteiger partial charge in [-0.25, -0.2) is 4.39 Å². The fourth-order valence-electron chi connectivity index (χ4n) is 2.10. The van der Waals surface area contributed by atoms with E-state index in [1.165, 1.54) is 18.5 Å². The molecule has 2 aromatic heterocycles. The van der Waals surface area contributed by atoms with Crippen LogP contribution < -0.4 is 0 Å². The molecular weight excluding hydrogens is 303 g/mol. The molecule has 22 heavy (non-hydrogen) atoms. The summed E-state index contributed by atoms with van der Waals surface area (Å²) in [6.07, 6.45) is 3.06. The summed E-state index contributed by atoms with van der Waals surface area (Å²) in [6.45, 7) is 0. The molecule has 0 spiro atoms. The Balaban J connectivity index is 2.18. The van der Waals surface area contributed by atoms with Gasteiger partial charge in [0.05, 0.1) is 17.5 Å². The Kier molecular flexibility index (Phi) is 3.77. The molecule has 0 aliphatic heterocycles. The summed E-state index contributed by atoms with van der Waals surface area (Å²) in [4.78, 5) is 4.12. The highest BCUT2D eigenvalue weighted by molar-refractivity contribution is 6.29. The summed E-state index contributed by atoms with van der Waals surface area (Å²) in [5, 5.41) is 16.8. The van der Waals surface area contributed by atoms with Gasteiger partial charge in [-0.3, -0.25) is 4.98 Å². The van der Waals surface area contributed by atoms with Crippen molar-refractivity contribution in [2.45, 2.75) is 0 Å². The van der Waals surface area contributed by atoms with Crippen molar-refractivity contribution in [2.24, 2.45) is 0 Å². The Morgan fingerprint density at radius 3 is 2.77 bits per heavy atom. The van der Waals surface area contributed by atoms with Crippen LogP contribution in [0.4, 0.5) is 4.39 Å². The molecule has 0 saturated carbocycles. The van der Waals surface area contributed by atoms with E-state index in [0.29, 0.717) is 22.4 Å². The third-order valence-electron chi connectivity index (χ3n) is 3.11. The molecule has 106 valence electrons.